The highest BCUT2D eigenvalue weighted by Crippen LogP contribution is 2.37. The molecule has 11 nitrogen and oxygen atoms in total. The highest BCUT2D eigenvalue weighted by Gasteiger charge is 2.42. The predicted molar refractivity (Wildman–Crippen MR) is 170 cm³/mol. The molecule has 2 aliphatic heterocycles. The molecule has 252 valence electrons. The number of nitrogens with zero attached hydrogens (tertiary/aromatic N) is 5. The van der Waals surface area contributed by atoms with Crippen molar-refractivity contribution in [3.8, 4) is 5.75 Å². The van der Waals surface area contributed by atoms with Crippen LogP contribution >= 0.6 is 0 Å². The van der Waals surface area contributed by atoms with Crippen molar-refractivity contribution in [2.45, 2.75) is 24.9 Å². The lowest BCUT2D eigenvalue weighted by molar-refractivity contribution is -0.141. The van der Waals surface area contributed by atoms with E-state index in [1.807, 2.05) is 29.2 Å². The van der Waals surface area contributed by atoms with Crippen LogP contribution in [0.25, 0.3) is 0 Å². The Morgan fingerprint density at radius 2 is 1.69 bits per heavy atom. The molecule has 15 heteroatoms. The minimum absolute atomic E-state index is 0.0340. The minimum atomic E-state index is -4.92. The summed E-state index contributed by atoms with van der Waals surface area (Å²) in [6.07, 6.45) is -2.04. The summed E-state index contributed by atoms with van der Waals surface area (Å²) in [6, 6.07) is 15.9. The number of hydrogen-bond donors (Lipinski definition) is 2. The molecule has 0 bridgehead atoms. The number of anilines is 4. The van der Waals surface area contributed by atoms with Crippen LogP contribution in [0.15, 0.2) is 71.3 Å². The fourth-order valence-electron chi connectivity index (χ4n) is 5.82. The van der Waals surface area contributed by atoms with Gasteiger partial charge in [0, 0.05) is 45.2 Å². The number of pyridine rings is 1. The third-order valence-corrected chi connectivity index (χ3v) is 8.38. The highest BCUT2D eigenvalue weighted by atomic mass is 19.4. The molecule has 4 aromatic rings. The summed E-state index contributed by atoms with van der Waals surface area (Å²) in [6.45, 7) is 2.39. The van der Waals surface area contributed by atoms with Gasteiger partial charge in [-0.3, -0.25) is 4.79 Å². The van der Waals surface area contributed by atoms with E-state index in [1.54, 1.807) is 29.0 Å². The number of piperidine rings is 1. The molecule has 0 spiro atoms. The van der Waals surface area contributed by atoms with Crippen molar-refractivity contribution in [3.05, 3.63) is 89.7 Å². The molecule has 2 aliphatic rings. The van der Waals surface area contributed by atoms with Gasteiger partial charge < -0.3 is 34.5 Å². The maximum Gasteiger partial charge on any atom is 0.437 e. The summed E-state index contributed by atoms with van der Waals surface area (Å²) in [4.78, 5) is 38.9. The number of hydrogen-bond acceptors (Lipinski definition) is 8. The molecule has 2 aromatic heterocycles. The number of alkyl halides is 3. The second-order valence-electron chi connectivity index (χ2n) is 11.5. The number of urea groups is 1. The van der Waals surface area contributed by atoms with Gasteiger partial charge in [-0.25, -0.2) is 14.2 Å². The number of benzene rings is 2. The SMILES string of the molecule is COc1ccc(C2CCCN(c3nc(C(F)(F)F)c(C(=O)Nc4ccc(N5CCN(C(=O)Nc6ccccc6F)CC5)nc4)o3)C2)cc1. The van der Waals surface area contributed by atoms with Crippen LogP contribution in [0, 0.1) is 5.82 Å². The molecule has 48 heavy (non-hydrogen) atoms. The number of para-hydroxylation sites is 1. The molecule has 1 unspecified atom stereocenters. The molecule has 2 fully saturated rings. The van der Waals surface area contributed by atoms with E-state index in [0.29, 0.717) is 57.3 Å². The molecule has 0 radical (unpaired) electrons. The molecule has 2 aromatic carbocycles. The third kappa shape index (κ3) is 7.29. The van der Waals surface area contributed by atoms with Crippen LogP contribution in [-0.4, -0.2) is 73.2 Å². The van der Waals surface area contributed by atoms with Gasteiger partial charge in [0.25, 0.3) is 11.9 Å². The van der Waals surface area contributed by atoms with Crippen molar-refractivity contribution in [2.24, 2.45) is 0 Å². The Kier molecular flexibility index (Phi) is 9.37. The Labute approximate surface area is 273 Å². The summed E-state index contributed by atoms with van der Waals surface area (Å²) in [5.74, 6) is -1.27. The van der Waals surface area contributed by atoms with Gasteiger partial charge in [-0.15, -0.1) is 0 Å². The van der Waals surface area contributed by atoms with Crippen LogP contribution in [0.1, 0.15) is 40.6 Å². The van der Waals surface area contributed by atoms with Gasteiger partial charge in [-0.1, -0.05) is 24.3 Å². The first kappa shape index (κ1) is 32.6. The molecule has 3 amide bonds. The molecule has 2 N–H and O–H groups in total. The first-order valence-electron chi connectivity index (χ1n) is 15.4. The molecule has 0 saturated carbocycles. The van der Waals surface area contributed by atoms with E-state index in [-0.39, 0.29) is 23.3 Å². The first-order valence-corrected chi connectivity index (χ1v) is 15.4. The number of oxazole rings is 1. The number of amides is 3. The lowest BCUT2D eigenvalue weighted by Crippen LogP contribution is -2.50. The maximum absolute atomic E-state index is 14.0. The van der Waals surface area contributed by atoms with Gasteiger partial charge in [0.15, 0.2) is 5.69 Å². The number of carbonyl (C=O) groups excluding carboxylic acids is 2. The molecule has 0 aliphatic carbocycles. The summed E-state index contributed by atoms with van der Waals surface area (Å²) in [7, 11) is 1.57. The average molecular weight is 668 g/mol. The number of methoxy groups -OCH3 is 1. The van der Waals surface area contributed by atoms with E-state index >= 15 is 0 Å². The molecule has 6 rings (SSSR count). The zero-order valence-corrected chi connectivity index (χ0v) is 26.0. The number of carbonyl (C=O) groups is 2. The zero-order valence-electron chi connectivity index (χ0n) is 26.0. The van der Waals surface area contributed by atoms with Gasteiger partial charge in [-0.2, -0.15) is 18.2 Å². The predicted octanol–water partition coefficient (Wildman–Crippen LogP) is 6.23. The second-order valence-corrected chi connectivity index (χ2v) is 11.5. The van der Waals surface area contributed by atoms with Crippen molar-refractivity contribution >= 4 is 35.1 Å². The van der Waals surface area contributed by atoms with Gasteiger partial charge >= 0.3 is 12.2 Å². The Morgan fingerprint density at radius 1 is 0.938 bits per heavy atom. The van der Waals surface area contributed by atoms with Crippen LogP contribution in [0.3, 0.4) is 0 Å². The summed E-state index contributed by atoms with van der Waals surface area (Å²) < 4.78 is 66.6. The van der Waals surface area contributed by atoms with Crippen molar-refractivity contribution in [1.82, 2.24) is 14.9 Å². The number of aromatic nitrogens is 2. The van der Waals surface area contributed by atoms with Crippen LogP contribution < -0.4 is 25.2 Å². The summed E-state index contributed by atoms with van der Waals surface area (Å²) in [5, 5.41) is 5.00. The summed E-state index contributed by atoms with van der Waals surface area (Å²) in [5.41, 5.74) is -0.125. The number of nitrogens with one attached hydrogen (secondary N) is 2. The average Bonchev–Trinajstić information content (AvgIpc) is 3.57. The number of ether oxygens (including phenoxy) is 1. The maximum atomic E-state index is 14.0. The molecular formula is C33H33F4N7O4. The molecular weight excluding hydrogens is 634 g/mol. The number of halogens is 4. The minimum Gasteiger partial charge on any atom is -0.497 e. The van der Waals surface area contributed by atoms with E-state index in [1.165, 1.54) is 30.5 Å². The fourth-order valence-corrected chi connectivity index (χ4v) is 5.82. The van der Waals surface area contributed by atoms with Crippen molar-refractivity contribution in [2.75, 3.05) is 66.8 Å². The Morgan fingerprint density at radius 3 is 2.35 bits per heavy atom. The summed E-state index contributed by atoms with van der Waals surface area (Å²) >= 11 is 0. The standard InChI is InChI=1S/C33H33F4N7O4/c1-47-24-11-8-21(9-12-24)22-5-4-14-44(20-22)32-41-29(33(35,36)37)28(48-32)30(45)39-23-10-13-27(38-19-23)42-15-17-43(18-16-42)31(46)40-26-7-3-2-6-25(26)34/h2-3,6-13,19,22H,4-5,14-18,20H2,1H3,(H,39,45)(H,40,46). The van der Waals surface area contributed by atoms with Gasteiger partial charge in [0.1, 0.15) is 17.4 Å². The monoisotopic (exact) mass is 667 g/mol. The van der Waals surface area contributed by atoms with E-state index in [2.05, 4.69) is 20.6 Å². The fraction of sp³-hybridized carbons (Fsp3) is 0.333. The largest absolute Gasteiger partial charge is 0.497 e. The van der Waals surface area contributed by atoms with E-state index < -0.39 is 35.4 Å². The van der Waals surface area contributed by atoms with Crippen molar-refractivity contribution in [1.29, 1.82) is 0 Å². The van der Waals surface area contributed by atoms with Crippen LogP contribution in [-0.2, 0) is 6.18 Å². The number of rotatable bonds is 7. The number of piperazine rings is 1. The topological polar surface area (TPSA) is 116 Å². The van der Waals surface area contributed by atoms with Gasteiger partial charge in [0.05, 0.1) is 24.7 Å². The first-order chi connectivity index (χ1) is 23.1. The molecule has 4 heterocycles. The molecule has 2 saturated heterocycles. The lowest BCUT2D eigenvalue weighted by atomic mass is 9.91. The smallest absolute Gasteiger partial charge is 0.437 e. The zero-order chi connectivity index (χ0) is 33.8. The van der Waals surface area contributed by atoms with Crippen molar-refractivity contribution in [3.63, 3.8) is 0 Å². The van der Waals surface area contributed by atoms with E-state index in [4.69, 9.17) is 9.15 Å². The Bertz CT molecular complexity index is 1740. The van der Waals surface area contributed by atoms with Gasteiger partial charge in [0.2, 0.25) is 5.76 Å². The van der Waals surface area contributed by atoms with Crippen LogP contribution in [0.4, 0.5) is 45.6 Å². The Hall–Kier alpha value is -5.34. The van der Waals surface area contributed by atoms with E-state index in [0.717, 1.165) is 12.0 Å². The Balaban J connectivity index is 1.08. The van der Waals surface area contributed by atoms with Gasteiger partial charge in [-0.05, 0) is 54.8 Å². The van der Waals surface area contributed by atoms with E-state index in [9.17, 15) is 27.2 Å². The quantitative estimate of drug-likeness (QED) is 0.223. The highest BCUT2D eigenvalue weighted by molar-refractivity contribution is 6.03. The van der Waals surface area contributed by atoms with Crippen LogP contribution in [0.2, 0.25) is 0 Å². The third-order valence-electron chi connectivity index (χ3n) is 8.38. The molecule has 1 atom stereocenters. The second kappa shape index (κ2) is 13.8. The van der Waals surface area contributed by atoms with Crippen LogP contribution in [0.5, 0.6) is 5.75 Å². The normalized spacial score (nSPS) is 16.9. The lowest BCUT2D eigenvalue weighted by Gasteiger charge is -2.35. The van der Waals surface area contributed by atoms with Crippen molar-refractivity contribution < 1.29 is 36.3 Å².